The third-order valence-corrected chi connectivity index (χ3v) is 2.80. The Balaban J connectivity index is 2.25. The number of hydrogen-bond donors (Lipinski definition) is 1. The first kappa shape index (κ1) is 14.5. The summed E-state index contributed by atoms with van der Waals surface area (Å²) in [6.07, 6.45) is 2.46. The molecule has 1 aromatic carbocycles. The lowest BCUT2D eigenvalue weighted by atomic mass is 10.3. The Morgan fingerprint density at radius 3 is 2.90 bits per heavy atom. The van der Waals surface area contributed by atoms with Gasteiger partial charge in [-0.1, -0.05) is 0 Å². The van der Waals surface area contributed by atoms with E-state index in [0.29, 0.717) is 19.1 Å². The molecular formula is C14H17F2N3O. The van der Waals surface area contributed by atoms with E-state index in [4.69, 9.17) is 4.74 Å². The molecule has 2 aromatic rings. The van der Waals surface area contributed by atoms with Crippen molar-refractivity contribution in [1.29, 1.82) is 0 Å². The zero-order valence-electron chi connectivity index (χ0n) is 11.5. The van der Waals surface area contributed by atoms with E-state index in [1.165, 1.54) is 4.57 Å². The quantitative estimate of drug-likeness (QED) is 0.827. The van der Waals surface area contributed by atoms with E-state index in [1.54, 1.807) is 20.2 Å². The van der Waals surface area contributed by atoms with Gasteiger partial charge in [0.05, 0.1) is 11.4 Å². The Hall–Kier alpha value is -1.95. The lowest BCUT2D eigenvalue weighted by Crippen LogP contribution is -2.10. The Labute approximate surface area is 116 Å². The summed E-state index contributed by atoms with van der Waals surface area (Å²) in [5, 5.41) is 3.10. The summed E-state index contributed by atoms with van der Waals surface area (Å²) < 4.78 is 33.6. The van der Waals surface area contributed by atoms with Crippen molar-refractivity contribution in [2.24, 2.45) is 0 Å². The summed E-state index contributed by atoms with van der Waals surface area (Å²) in [4.78, 5) is 4.28. The van der Waals surface area contributed by atoms with Crippen LogP contribution in [0.4, 0.5) is 14.7 Å². The van der Waals surface area contributed by atoms with Gasteiger partial charge in [-0.2, -0.15) is 0 Å². The van der Waals surface area contributed by atoms with E-state index >= 15 is 0 Å². The highest BCUT2D eigenvalue weighted by molar-refractivity contribution is 5.44. The third-order valence-electron chi connectivity index (χ3n) is 2.80. The highest BCUT2D eigenvalue weighted by Gasteiger charge is 2.12. The SMILES string of the molecule is COCCCNc1nc(C)cn1-c1cc(F)ccc1F. The number of aromatic nitrogens is 2. The van der Waals surface area contributed by atoms with E-state index in [1.807, 2.05) is 0 Å². The number of anilines is 1. The highest BCUT2D eigenvalue weighted by Crippen LogP contribution is 2.20. The van der Waals surface area contributed by atoms with Crippen LogP contribution < -0.4 is 5.32 Å². The van der Waals surface area contributed by atoms with Crippen LogP contribution in [0.5, 0.6) is 0 Å². The first-order valence-electron chi connectivity index (χ1n) is 6.36. The van der Waals surface area contributed by atoms with E-state index in [0.717, 1.165) is 30.3 Å². The van der Waals surface area contributed by atoms with Crippen molar-refractivity contribution >= 4 is 5.95 Å². The van der Waals surface area contributed by atoms with Gasteiger partial charge < -0.3 is 10.1 Å². The minimum atomic E-state index is -0.497. The zero-order valence-corrected chi connectivity index (χ0v) is 11.5. The van der Waals surface area contributed by atoms with E-state index in [-0.39, 0.29) is 5.69 Å². The molecule has 0 saturated carbocycles. The van der Waals surface area contributed by atoms with Crippen LogP contribution in [-0.4, -0.2) is 29.8 Å². The Morgan fingerprint density at radius 1 is 1.35 bits per heavy atom. The lowest BCUT2D eigenvalue weighted by molar-refractivity contribution is 0.197. The molecular weight excluding hydrogens is 264 g/mol. The summed E-state index contributed by atoms with van der Waals surface area (Å²) in [5.41, 5.74) is 0.864. The molecule has 0 atom stereocenters. The van der Waals surface area contributed by atoms with Crippen molar-refractivity contribution in [2.45, 2.75) is 13.3 Å². The number of rotatable bonds is 6. The molecule has 4 nitrogen and oxygen atoms in total. The second-order valence-corrected chi connectivity index (χ2v) is 4.44. The molecule has 0 radical (unpaired) electrons. The number of benzene rings is 1. The fourth-order valence-corrected chi connectivity index (χ4v) is 1.89. The van der Waals surface area contributed by atoms with Crippen LogP contribution in [0.15, 0.2) is 24.4 Å². The van der Waals surface area contributed by atoms with Gasteiger partial charge in [0.25, 0.3) is 0 Å². The first-order valence-corrected chi connectivity index (χ1v) is 6.36. The van der Waals surface area contributed by atoms with Gasteiger partial charge in [0.2, 0.25) is 5.95 Å². The Morgan fingerprint density at radius 2 is 2.15 bits per heavy atom. The lowest BCUT2D eigenvalue weighted by Gasteiger charge is -2.10. The van der Waals surface area contributed by atoms with Crippen LogP contribution in [0.3, 0.4) is 0 Å². The average molecular weight is 281 g/mol. The maximum atomic E-state index is 13.8. The molecule has 0 fully saturated rings. The second kappa shape index (κ2) is 6.47. The normalized spacial score (nSPS) is 10.8. The second-order valence-electron chi connectivity index (χ2n) is 4.44. The van der Waals surface area contributed by atoms with E-state index < -0.39 is 11.6 Å². The van der Waals surface area contributed by atoms with Crippen molar-refractivity contribution in [3.8, 4) is 5.69 Å². The molecule has 0 saturated heterocycles. The van der Waals surface area contributed by atoms with Crippen molar-refractivity contribution < 1.29 is 13.5 Å². The third kappa shape index (κ3) is 3.33. The number of nitrogens with one attached hydrogen (secondary N) is 1. The van der Waals surface area contributed by atoms with Gasteiger partial charge in [0, 0.05) is 32.5 Å². The molecule has 0 aliphatic carbocycles. The number of ether oxygens (including phenoxy) is 1. The molecule has 0 spiro atoms. The molecule has 0 amide bonds. The number of methoxy groups -OCH3 is 1. The van der Waals surface area contributed by atoms with Crippen LogP contribution in [0.1, 0.15) is 12.1 Å². The van der Waals surface area contributed by atoms with Gasteiger partial charge in [-0.15, -0.1) is 0 Å². The molecule has 20 heavy (non-hydrogen) atoms. The summed E-state index contributed by atoms with van der Waals surface area (Å²) in [7, 11) is 1.63. The number of hydrogen-bond acceptors (Lipinski definition) is 3. The van der Waals surface area contributed by atoms with Gasteiger partial charge in [-0.25, -0.2) is 13.8 Å². The predicted molar refractivity (Wildman–Crippen MR) is 73.2 cm³/mol. The molecule has 6 heteroatoms. The smallest absolute Gasteiger partial charge is 0.207 e. The van der Waals surface area contributed by atoms with Crippen LogP contribution >= 0.6 is 0 Å². The summed E-state index contributed by atoms with van der Waals surface area (Å²) in [5.74, 6) is -0.495. The molecule has 0 aliphatic rings. The van der Waals surface area contributed by atoms with Crippen molar-refractivity contribution in [1.82, 2.24) is 9.55 Å². The number of halogens is 2. The topological polar surface area (TPSA) is 39.1 Å². The van der Waals surface area contributed by atoms with Gasteiger partial charge >= 0.3 is 0 Å². The van der Waals surface area contributed by atoms with Gasteiger partial charge in [-0.3, -0.25) is 4.57 Å². The minimum Gasteiger partial charge on any atom is -0.385 e. The van der Waals surface area contributed by atoms with Crippen LogP contribution in [0, 0.1) is 18.6 Å². The summed E-state index contributed by atoms with van der Waals surface area (Å²) in [6, 6.07) is 3.35. The van der Waals surface area contributed by atoms with Crippen LogP contribution in [-0.2, 0) is 4.74 Å². The Kier molecular flexibility index (Phi) is 4.68. The van der Waals surface area contributed by atoms with Gasteiger partial charge in [-0.05, 0) is 25.5 Å². The fourth-order valence-electron chi connectivity index (χ4n) is 1.89. The molecule has 0 aliphatic heterocycles. The van der Waals surface area contributed by atoms with Crippen molar-refractivity contribution in [2.75, 3.05) is 25.6 Å². The molecule has 1 N–H and O–H groups in total. The minimum absolute atomic E-state index is 0.139. The van der Waals surface area contributed by atoms with Crippen molar-refractivity contribution in [3.63, 3.8) is 0 Å². The summed E-state index contributed by atoms with van der Waals surface area (Å²) in [6.45, 7) is 3.07. The van der Waals surface area contributed by atoms with Crippen LogP contribution in [0.25, 0.3) is 5.69 Å². The number of imidazole rings is 1. The van der Waals surface area contributed by atoms with E-state index in [2.05, 4.69) is 10.3 Å². The summed E-state index contributed by atoms with van der Waals surface area (Å²) >= 11 is 0. The molecule has 1 heterocycles. The monoisotopic (exact) mass is 281 g/mol. The molecule has 108 valence electrons. The molecule has 1 aromatic heterocycles. The predicted octanol–water partition coefficient (Wildman–Crippen LogP) is 2.91. The number of nitrogens with zero attached hydrogens (tertiary/aromatic N) is 2. The number of aryl methyl sites for hydroxylation is 1. The zero-order chi connectivity index (χ0) is 14.5. The van der Waals surface area contributed by atoms with E-state index in [9.17, 15) is 8.78 Å². The molecule has 0 bridgehead atoms. The van der Waals surface area contributed by atoms with Crippen LogP contribution in [0.2, 0.25) is 0 Å². The maximum absolute atomic E-state index is 13.8. The Bertz CT molecular complexity index is 584. The standard InChI is InChI=1S/C14H17F2N3O/c1-10-9-19(13-8-11(15)4-5-12(13)16)14(18-10)17-6-3-7-20-2/h4-5,8-9H,3,6-7H2,1-2H3,(H,17,18). The fraction of sp³-hybridized carbons (Fsp3) is 0.357. The van der Waals surface area contributed by atoms with Gasteiger partial charge in [0.1, 0.15) is 11.6 Å². The highest BCUT2D eigenvalue weighted by atomic mass is 19.1. The largest absolute Gasteiger partial charge is 0.385 e. The molecule has 0 unspecified atom stereocenters. The molecule has 2 rings (SSSR count). The first-order chi connectivity index (χ1) is 9.61. The van der Waals surface area contributed by atoms with Gasteiger partial charge in [0.15, 0.2) is 0 Å². The average Bonchev–Trinajstić information content (AvgIpc) is 2.78. The maximum Gasteiger partial charge on any atom is 0.207 e. The van der Waals surface area contributed by atoms with Crippen molar-refractivity contribution in [3.05, 3.63) is 41.7 Å².